The third-order valence-corrected chi connectivity index (χ3v) is 6.01. The van der Waals surface area contributed by atoms with Gasteiger partial charge in [0.1, 0.15) is 4.90 Å². The van der Waals surface area contributed by atoms with Crippen molar-refractivity contribution in [2.24, 2.45) is 0 Å². The van der Waals surface area contributed by atoms with Crippen molar-refractivity contribution in [3.8, 4) is 10.4 Å². The molecular formula is C16H13ClN2O2S2. The van der Waals surface area contributed by atoms with Gasteiger partial charge in [-0.05, 0) is 35.2 Å². The number of thiophene rings is 1. The first kappa shape index (κ1) is 16.1. The molecule has 2 heterocycles. The SMILES string of the molecule is O=S(=O)(NCc1cncc(-c2cccs2)c1)c1ccccc1Cl. The average Bonchev–Trinajstić information content (AvgIpc) is 3.08. The highest BCUT2D eigenvalue weighted by Crippen LogP contribution is 2.25. The Morgan fingerprint density at radius 2 is 1.96 bits per heavy atom. The van der Waals surface area contributed by atoms with Crippen molar-refractivity contribution in [3.63, 3.8) is 0 Å². The summed E-state index contributed by atoms with van der Waals surface area (Å²) >= 11 is 7.56. The van der Waals surface area contributed by atoms with E-state index in [-0.39, 0.29) is 16.5 Å². The van der Waals surface area contributed by atoms with E-state index in [1.807, 2.05) is 23.6 Å². The highest BCUT2D eigenvalue weighted by Gasteiger charge is 2.17. The topological polar surface area (TPSA) is 59.1 Å². The van der Waals surface area contributed by atoms with Crippen LogP contribution >= 0.6 is 22.9 Å². The highest BCUT2D eigenvalue weighted by atomic mass is 35.5. The van der Waals surface area contributed by atoms with Gasteiger partial charge in [0.15, 0.2) is 0 Å². The molecule has 0 saturated heterocycles. The van der Waals surface area contributed by atoms with Crippen LogP contribution in [0.1, 0.15) is 5.56 Å². The molecule has 0 amide bonds. The lowest BCUT2D eigenvalue weighted by molar-refractivity contribution is 0.581. The Balaban J connectivity index is 1.78. The second-order valence-electron chi connectivity index (χ2n) is 4.81. The summed E-state index contributed by atoms with van der Waals surface area (Å²) in [5, 5.41) is 2.19. The number of halogens is 1. The van der Waals surface area contributed by atoms with E-state index in [9.17, 15) is 8.42 Å². The first-order valence-corrected chi connectivity index (χ1v) is 9.52. The van der Waals surface area contributed by atoms with Crippen LogP contribution in [0.4, 0.5) is 0 Å². The maximum absolute atomic E-state index is 12.3. The van der Waals surface area contributed by atoms with E-state index < -0.39 is 10.0 Å². The van der Waals surface area contributed by atoms with Crippen LogP contribution in [-0.4, -0.2) is 13.4 Å². The van der Waals surface area contributed by atoms with Crippen LogP contribution in [0.5, 0.6) is 0 Å². The Bertz CT molecular complexity index is 909. The molecule has 0 unspecified atom stereocenters. The van der Waals surface area contributed by atoms with Gasteiger partial charge in [0.2, 0.25) is 10.0 Å². The molecule has 7 heteroatoms. The lowest BCUT2D eigenvalue weighted by Gasteiger charge is -2.08. The zero-order valence-electron chi connectivity index (χ0n) is 11.9. The number of sulfonamides is 1. The minimum Gasteiger partial charge on any atom is -0.264 e. The average molecular weight is 365 g/mol. The summed E-state index contributed by atoms with van der Waals surface area (Å²) in [5.74, 6) is 0. The molecular weight excluding hydrogens is 352 g/mol. The van der Waals surface area contributed by atoms with Crippen LogP contribution < -0.4 is 4.72 Å². The standard InChI is InChI=1S/C16H13ClN2O2S2/c17-14-4-1-2-6-16(14)23(20,21)19-10-12-8-13(11-18-9-12)15-5-3-7-22-15/h1-9,11,19H,10H2. The smallest absolute Gasteiger partial charge is 0.242 e. The monoisotopic (exact) mass is 364 g/mol. The van der Waals surface area contributed by atoms with Crippen LogP contribution in [0.15, 0.2) is 65.1 Å². The zero-order chi connectivity index (χ0) is 16.3. The summed E-state index contributed by atoms with van der Waals surface area (Å²) in [7, 11) is -3.66. The molecule has 0 radical (unpaired) electrons. The zero-order valence-corrected chi connectivity index (χ0v) is 14.3. The largest absolute Gasteiger partial charge is 0.264 e. The first-order chi connectivity index (χ1) is 11.1. The lowest BCUT2D eigenvalue weighted by Crippen LogP contribution is -2.23. The summed E-state index contributed by atoms with van der Waals surface area (Å²) < 4.78 is 27.2. The van der Waals surface area contributed by atoms with Crippen molar-refractivity contribution in [1.82, 2.24) is 9.71 Å². The molecule has 0 atom stereocenters. The van der Waals surface area contributed by atoms with Gasteiger partial charge in [-0.3, -0.25) is 4.98 Å². The Labute approximate surface area is 143 Å². The van der Waals surface area contributed by atoms with Crippen molar-refractivity contribution in [3.05, 3.63) is 70.8 Å². The van der Waals surface area contributed by atoms with Gasteiger partial charge in [-0.15, -0.1) is 11.3 Å². The molecule has 0 fully saturated rings. The fourth-order valence-corrected chi connectivity index (χ4v) is 4.32. The summed E-state index contributed by atoms with van der Waals surface area (Å²) in [6.07, 6.45) is 3.41. The normalized spacial score (nSPS) is 11.5. The quantitative estimate of drug-likeness (QED) is 0.745. The summed E-state index contributed by atoms with van der Waals surface area (Å²) in [4.78, 5) is 5.34. The van der Waals surface area contributed by atoms with Gasteiger partial charge in [-0.1, -0.05) is 29.8 Å². The van der Waals surface area contributed by atoms with Crippen LogP contribution in [-0.2, 0) is 16.6 Å². The van der Waals surface area contributed by atoms with Crippen LogP contribution in [0.25, 0.3) is 10.4 Å². The molecule has 23 heavy (non-hydrogen) atoms. The van der Waals surface area contributed by atoms with E-state index >= 15 is 0 Å². The van der Waals surface area contributed by atoms with Gasteiger partial charge in [0, 0.05) is 29.4 Å². The van der Waals surface area contributed by atoms with E-state index in [0.29, 0.717) is 0 Å². The summed E-state index contributed by atoms with van der Waals surface area (Å²) in [6.45, 7) is 0.153. The van der Waals surface area contributed by atoms with E-state index in [4.69, 9.17) is 11.6 Å². The van der Waals surface area contributed by atoms with Gasteiger partial charge < -0.3 is 0 Å². The molecule has 0 aliphatic rings. The van der Waals surface area contributed by atoms with E-state index in [2.05, 4.69) is 9.71 Å². The van der Waals surface area contributed by atoms with E-state index in [0.717, 1.165) is 16.0 Å². The van der Waals surface area contributed by atoms with Gasteiger partial charge in [0.05, 0.1) is 5.02 Å². The molecule has 4 nitrogen and oxygen atoms in total. The fourth-order valence-electron chi connectivity index (χ4n) is 2.08. The number of aromatic nitrogens is 1. The molecule has 1 N–H and O–H groups in total. The molecule has 1 aromatic carbocycles. The summed E-state index contributed by atoms with van der Waals surface area (Å²) in [5.41, 5.74) is 1.75. The van der Waals surface area contributed by atoms with E-state index in [1.54, 1.807) is 41.9 Å². The van der Waals surface area contributed by atoms with Crippen LogP contribution in [0.3, 0.4) is 0 Å². The molecule has 0 aliphatic heterocycles. The van der Waals surface area contributed by atoms with E-state index in [1.165, 1.54) is 6.07 Å². The number of nitrogens with zero attached hydrogens (tertiary/aromatic N) is 1. The van der Waals surface area contributed by atoms with Crippen LogP contribution in [0, 0.1) is 0 Å². The minimum absolute atomic E-state index is 0.0732. The van der Waals surface area contributed by atoms with Crippen molar-refractivity contribution >= 4 is 33.0 Å². The summed E-state index contributed by atoms with van der Waals surface area (Å²) in [6, 6.07) is 12.2. The number of pyridine rings is 1. The third-order valence-electron chi connectivity index (χ3n) is 3.19. The molecule has 0 aliphatic carbocycles. The molecule has 3 rings (SSSR count). The number of hydrogen-bond donors (Lipinski definition) is 1. The van der Waals surface area contributed by atoms with Crippen LogP contribution in [0.2, 0.25) is 5.02 Å². The molecule has 118 valence electrons. The van der Waals surface area contributed by atoms with Gasteiger partial charge in [0.25, 0.3) is 0 Å². The first-order valence-electron chi connectivity index (χ1n) is 6.78. The number of hydrogen-bond acceptors (Lipinski definition) is 4. The fraction of sp³-hybridized carbons (Fsp3) is 0.0625. The Morgan fingerprint density at radius 1 is 1.13 bits per heavy atom. The van der Waals surface area contributed by atoms with Crippen molar-refractivity contribution in [1.29, 1.82) is 0 Å². The minimum atomic E-state index is -3.66. The molecule has 3 aromatic rings. The molecule has 0 saturated carbocycles. The number of rotatable bonds is 5. The highest BCUT2D eigenvalue weighted by molar-refractivity contribution is 7.89. The van der Waals surface area contributed by atoms with Gasteiger partial charge in [-0.25, -0.2) is 13.1 Å². The van der Waals surface area contributed by atoms with Crippen molar-refractivity contribution < 1.29 is 8.42 Å². The predicted octanol–water partition coefficient (Wildman–Crippen LogP) is 3.94. The second kappa shape index (κ2) is 6.80. The molecule has 0 spiro atoms. The predicted molar refractivity (Wildman–Crippen MR) is 93.0 cm³/mol. The molecule has 0 bridgehead atoms. The maximum Gasteiger partial charge on any atom is 0.242 e. The number of nitrogens with one attached hydrogen (secondary N) is 1. The molecule has 2 aromatic heterocycles. The Hall–Kier alpha value is -1.73. The van der Waals surface area contributed by atoms with Gasteiger partial charge in [-0.2, -0.15) is 0 Å². The number of benzene rings is 1. The Morgan fingerprint density at radius 3 is 2.70 bits per heavy atom. The second-order valence-corrected chi connectivity index (χ2v) is 7.90. The lowest BCUT2D eigenvalue weighted by atomic mass is 10.2. The van der Waals surface area contributed by atoms with Crippen molar-refractivity contribution in [2.75, 3.05) is 0 Å². The Kier molecular flexibility index (Phi) is 4.77. The van der Waals surface area contributed by atoms with Crippen molar-refractivity contribution in [2.45, 2.75) is 11.4 Å². The van der Waals surface area contributed by atoms with Gasteiger partial charge >= 0.3 is 0 Å². The maximum atomic E-state index is 12.3. The third kappa shape index (κ3) is 3.79.